The quantitative estimate of drug-likeness (QED) is 0.552. The van der Waals surface area contributed by atoms with Gasteiger partial charge >= 0.3 is 0 Å². The second-order valence-corrected chi connectivity index (χ2v) is 10.6. The Kier molecular flexibility index (Phi) is 6.09. The highest BCUT2D eigenvalue weighted by Gasteiger charge is 2.30. The maximum atomic E-state index is 13.0. The van der Waals surface area contributed by atoms with Crippen LogP contribution in [0.3, 0.4) is 0 Å². The third-order valence-corrected chi connectivity index (χ3v) is 8.35. The number of rotatable bonds is 5. The molecule has 1 unspecified atom stereocenters. The van der Waals surface area contributed by atoms with Gasteiger partial charge in [-0.05, 0) is 37.6 Å². The molecule has 2 saturated heterocycles. The Morgan fingerprint density at radius 1 is 0.971 bits per heavy atom. The fourth-order valence-electron chi connectivity index (χ4n) is 4.46. The fourth-order valence-corrected chi connectivity index (χ4v) is 6.02. The number of carbonyl (C=O) groups is 1. The van der Waals surface area contributed by atoms with Crippen LogP contribution in [-0.2, 0) is 10.0 Å². The van der Waals surface area contributed by atoms with Gasteiger partial charge < -0.3 is 9.42 Å². The Labute approximate surface area is 199 Å². The van der Waals surface area contributed by atoms with Crippen molar-refractivity contribution < 1.29 is 17.7 Å². The third kappa shape index (κ3) is 4.43. The zero-order valence-electron chi connectivity index (χ0n) is 19.0. The summed E-state index contributed by atoms with van der Waals surface area (Å²) in [6.07, 6.45) is 0.628. The van der Waals surface area contributed by atoms with E-state index in [1.54, 1.807) is 24.3 Å². The van der Waals surface area contributed by atoms with E-state index in [1.165, 1.54) is 4.31 Å². The van der Waals surface area contributed by atoms with Gasteiger partial charge in [-0.15, -0.1) is 0 Å². The first kappa shape index (κ1) is 22.5. The maximum Gasteiger partial charge on any atom is 0.253 e. The van der Waals surface area contributed by atoms with Crippen molar-refractivity contribution in [3.63, 3.8) is 0 Å². The Morgan fingerprint density at radius 2 is 1.68 bits per heavy atom. The van der Waals surface area contributed by atoms with Crippen LogP contribution >= 0.6 is 0 Å². The number of benzene rings is 2. The zero-order valence-corrected chi connectivity index (χ0v) is 19.8. The van der Waals surface area contributed by atoms with Gasteiger partial charge in [0, 0.05) is 43.9 Å². The van der Waals surface area contributed by atoms with E-state index in [0.29, 0.717) is 62.1 Å². The van der Waals surface area contributed by atoms with E-state index in [0.717, 1.165) is 5.56 Å². The molecule has 3 aromatic rings. The Balaban J connectivity index is 1.19. The van der Waals surface area contributed by atoms with Crippen LogP contribution in [0.2, 0.25) is 0 Å². The average Bonchev–Trinajstić information content (AvgIpc) is 3.50. The number of amides is 1. The molecule has 9 nitrogen and oxygen atoms in total. The molecule has 2 aromatic carbocycles. The maximum absolute atomic E-state index is 13.0. The monoisotopic (exact) mass is 481 g/mol. The molecular formula is C24H27N5O4S. The van der Waals surface area contributed by atoms with Gasteiger partial charge in [0.1, 0.15) is 0 Å². The number of carbonyl (C=O) groups excluding carboxylic acids is 1. The molecule has 34 heavy (non-hydrogen) atoms. The molecule has 1 aromatic heterocycles. The van der Waals surface area contributed by atoms with Crippen LogP contribution in [-0.4, -0.2) is 72.7 Å². The van der Waals surface area contributed by atoms with Gasteiger partial charge in [0.15, 0.2) is 0 Å². The molecule has 0 spiro atoms. The van der Waals surface area contributed by atoms with Crippen LogP contribution in [0.25, 0.3) is 11.4 Å². The highest BCUT2D eigenvalue weighted by Crippen LogP contribution is 2.26. The third-order valence-electron chi connectivity index (χ3n) is 6.48. The summed E-state index contributed by atoms with van der Waals surface area (Å²) >= 11 is 0. The summed E-state index contributed by atoms with van der Waals surface area (Å²) in [5, 5.41) is 4.11. The Bertz CT molecular complexity index is 1250. The van der Waals surface area contributed by atoms with Gasteiger partial charge in [0.25, 0.3) is 5.91 Å². The molecule has 2 aliphatic heterocycles. The van der Waals surface area contributed by atoms with Crippen LogP contribution < -0.4 is 4.31 Å². The number of aromatic nitrogens is 2. The zero-order chi connectivity index (χ0) is 23.7. The topological polar surface area (TPSA) is 99.8 Å². The lowest BCUT2D eigenvalue weighted by Crippen LogP contribution is -2.49. The van der Waals surface area contributed by atoms with Gasteiger partial charge in [0.05, 0.1) is 17.5 Å². The molecule has 0 radical (unpaired) electrons. The van der Waals surface area contributed by atoms with E-state index >= 15 is 0 Å². The molecule has 178 valence electrons. The summed E-state index contributed by atoms with van der Waals surface area (Å²) in [6.45, 7) is 5.09. The average molecular weight is 482 g/mol. The highest BCUT2D eigenvalue weighted by atomic mass is 32.2. The number of hydrogen-bond acceptors (Lipinski definition) is 7. The predicted molar refractivity (Wildman–Crippen MR) is 128 cm³/mol. The molecule has 3 heterocycles. The lowest BCUT2D eigenvalue weighted by Gasteiger charge is -2.36. The summed E-state index contributed by atoms with van der Waals surface area (Å²) in [6, 6.07) is 16.5. The molecule has 0 aliphatic carbocycles. The van der Waals surface area contributed by atoms with Gasteiger partial charge in [-0.3, -0.25) is 14.0 Å². The Morgan fingerprint density at radius 3 is 2.32 bits per heavy atom. The van der Waals surface area contributed by atoms with Gasteiger partial charge in [-0.1, -0.05) is 35.5 Å². The summed E-state index contributed by atoms with van der Waals surface area (Å²) in [7, 11) is -3.23. The van der Waals surface area contributed by atoms with Crippen LogP contribution in [0.4, 0.5) is 5.69 Å². The van der Waals surface area contributed by atoms with Crippen LogP contribution in [0, 0.1) is 0 Å². The van der Waals surface area contributed by atoms with E-state index in [9.17, 15) is 13.2 Å². The molecule has 2 fully saturated rings. The van der Waals surface area contributed by atoms with Crippen molar-refractivity contribution in [1.82, 2.24) is 19.9 Å². The van der Waals surface area contributed by atoms with Crippen LogP contribution in [0.1, 0.15) is 35.6 Å². The molecule has 0 saturated carbocycles. The van der Waals surface area contributed by atoms with Crippen molar-refractivity contribution >= 4 is 21.6 Å². The van der Waals surface area contributed by atoms with Crippen LogP contribution in [0.5, 0.6) is 0 Å². The number of nitrogens with zero attached hydrogens (tertiary/aromatic N) is 5. The lowest BCUT2D eigenvalue weighted by atomic mass is 10.1. The van der Waals surface area contributed by atoms with Gasteiger partial charge in [-0.25, -0.2) is 8.42 Å². The first-order valence-electron chi connectivity index (χ1n) is 11.5. The minimum atomic E-state index is -3.23. The Hall–Kier alpha value is -3.24. The largest absolute Gasteiger partial charge is 0.337 e. The molecular weight excluding hydrogens is 454 g/mol. The summed E-state index contributed by atoms with van der Waals surface area (Å²) in [5.74, 6) is 1.26. The van der Waals surface area contributed by atoms with Crippen molar-refractivity contribution in [3.8, 4) is 11.4 Å². The van der Waals surface area contributed by atoms with Crippen molar-refractivity contribution in [1.29, 1.82) is 0 Å². The second-order valence-electron chi connectivity index (χ2n) is 8.61. The van der Waals surface area contributed by atoms with Crippen LogP contribution in [0.15, 0.2) is 59.1 Å². The first-order chi connectivity index (χ1) is 16.4. The van der Waals surface area contributed by atoms with E-state index < -0.39 is 10.0 Å². The molecule has 2 aliphatic rings. The molecule has 1 amide bonds. The molecule has 10 heteroatoms. The van der Waals surface area contributed by atoms with E-state index in [-0.39, 0.29) is 17.7 Å². The summed E-state index contributed by atoms with van der Waals surface area (Å²) in [4.78, 5) is 21.6. The van der Waals surface area contributed by atoms with Gasteiger partial charge in [0.2, 0.25) is 21.7 Å². The van der Waals surface area contributed by atoms with E-state index in [4.69, 9.17) is 4.52 Å². The molecule has 1 atom stereocenters. The number of piperazine rings is 1. The molecule has 0 N–H and O–H groups in total. The minimum absolute atomic E-state index is 0.0488. The standard InChI is InChI=1S/C24H27N5O4S/c1-18(23-25-22(26-33-23)19-6-3-2-4-7-19)27-13-15-28(16-14-27)24(30)20-8-10-21(11-9-20)29-12-5-17-34(29,31)32/h2-4,6-11,18H,5,12-17H2,1H3. The van der Waals surface area contributed by atoms with Crippen molar-refractivity contribution in [3.05, 3.63) is 66.1 Å². The van der Waals surface area contributed by atoms with Crippen molar-refractivity contribution in [2.24, 2.45) is 0 Å². The molecule has 5 rings (SSSR count). The number of sulfonamides is 1. The number of hydrogen-bond donors (Lipinski definition) is 0. The number of anilines is 1. The summed E-state index contributed by atoms with van der Waals surface area (Å²) < 4.78 is 31.2. The normalized spacial score (nSPS) is 19.3. The smallest absolute Gasteiger partial charge is 0.253 e. The van der Waals surface area contributed by atoms with Gasteiger partial charge in [-0.2, -0.15) is 4.98 Å². The highest BCUT2D eigenvalue weighted by molar-refractivity contribution is 7.93. The first-order valence-corrected chi connectivity index (χ1v) is 13.1. The SMILES string of the molecule is CC(c1nc(-c2ccccc2)no1)N1CCN(C(=O)c2ccc(N3CCCS3(=O)=O)cc2)CC1. The minimum Gasteiger partial charge on any atom is -0.337 e. The fraction of sp³-hybridized carbons (Fsp3) is 0.375. The lowest BCUT2D eigenvalue weighted by molar-refractivity contribution is 0.0551. The molecule has 0 bridgehead atoms. The van der Waals surface area contributed by atoms with E-state index in [2.05, 4.69) is 15.0 Å². The van der Waals surface area contributed by atoms with Crippen molar-refractivity contribution in [2.45, 2.75) is 19.4 Å². The summed E-state index contributed by atoms with van der Waals surface area (Å²) in [5.41, 5.74) is 2.09. The second kappa shape index (κ2) is 9.19. The van der Waals surface area contributed by atoms with Crippen molar-refractivity contribution in [2.75, 3.05) is 42.8 Å². The van der Waals surface area contributed by atoms with E-state index in [1.807, 2.05) is 42.2 Å². The predicted octanol–water partition coefficient (Wildman–Crippen LogP) is 2.80.